The van der Waals surface area contributed by atoms with Gasteiger partial charge in [-0.1, -0.05) is 41.6 Å². The van der Waals surface area contributed by atoms with Crippen LogP contribution in [-0.4, -0.2) is 18.7 Å². The first-order valence-corrected chi connectivity index (χ1v) is 6.08. The first kappa shape index (κ1) is 10.6. The van der Waals surface area contributed by atoms with Gasteiger partial charge in [0.15, 0.2) is 0 Å². The Bertz CT molecular complexity index is 406. The number of benzene rings is 1. The number of alkyl halides is 1. The van der Waals surface area contributed by atoms with Crippen LogP contribution >= 0.6 is 22.6 Å². The largest absolute Gasteiger partial charge is 0.223 e. The van der Waals surface area contributed by atoms with Crippen molar-refractivity contribution in [2.45, 2.75) is 17.3 Å². The van der Waals surface area contributed by atoms with Crippen LogP contribution in [-0.2, 0) is 6.42 Å². The molecule has 2 rings (SSSR count). The van der Waals surface area contributed by atoms with E-state index in [1.165, 1.54) is 5.56 Å². The summed E-state index contributed by atoms with van der Waals surface area (Å²) in [7, 11) is 0. The first-order valence-electron chi connectivity index (χ1n) is 4.84. The van der Waals surface area contributed by atoms with Crippen molar-refractivity contribution < 1.29 is 0 Å². The zero-order valence-corrected chi connectivity index (χ0v) is 10.6. The van der Waals surface area contributed by atoms with E-state index in [2.05, 4.69) is 63.9 Å². The van der Waals surface area contributed by atoms with E-state index in [0.717, 1.165) is 12.1 Å². The molecule has 15 heavy (non-hydrogen) atoms. The van der Waals surface area contributed by atoms with Crippen molar-refractivity contribution >= 4 is 22.6 Å². The molecule has 0 spiro atoms. The predicted octanol–water partition coefficient (Wildman–Crippen LogP) is 2.63. The molecule has 0 aliphatic heterocycles. The third kappa shape index (κ3) is 2.77. The lowest BCUT2D eigenvalue weighted by molar-refractivity contribution is 0.876. The van der Waals surface area contributed by atoms with E-state index in [1.54, 1.807) is 17.3 Å². The summed E-state index contributed by atoms with van der Waals surface area (Å²) in [5, 5.41) is 4.08. The van der Waals surface area contributed by atoms with Gasteiger partial charge in [0, 0.05) is 3.92 Å². The summed E-state index contributed by atoms with van der Waals surface area (Å²) in [4.78, 5) is 3.92. The number of nitrogens with zero attached hydrogens (tertiary/aromatic N) is 3. The smallest absolute Gasteiger partial charge is 0.138 e. The summed E-state index contributed by atoms with van der Waals surface area (Å²) in [5.41, 5.74) is 2.41. The SMILES string of the molecule is CC(I)Cc1ccc(-n2cncn2)cc1. The number of halogens is 1. The minimum absolute atomic E-state index is 0.667. The van der Waals surface area contributed by atoms with Gasteiger partial charge in [0.05, 0.1) is 5.69 Å². The molecule has 0 aliphatic carbocycles. The third-order valence-electron chi connectivity index (χ3n) is 2.14. The molecule has 1 aromatic heterocycles. The van der Waals surface area contributed by atoms with Gasteiger partial charge in [-0.3, -0.25) is 0 Å². The van der Waals surface area contributed by atoms with Crippen LogP contribution in [0.15, 0.2) is 36.9 Å². The van der Waals surface area contributed by atoms with Crippen LogP contribution in [0.2, 0.25) is 0 Å². The van der Waals surface area contributed by atoms with Crippen molar-refractivity contribution in [2.24, 2.45) is 0 Å². The summed E-state index contributed by atoms with van der Waals surface area (Å²) in [5.74, 6) is 0. The molecule has 1 aromatic carbocycles. The Labute approximate surface area is 103 Å². The van der Waals surface area contributed by atoms with Gasteiger partial charge >= 0.3 is 0 Å². The molecule has 1 heterocycles. The summed E-state index contributed by atoms with van der Waals surface area (Å²) in [6.07, 6.45) is 4.36. The van der Waals surface area contributed by atoms with Gasteiger partial charge in [0.1, 0.15) is 12.7 Å². The highest BCUT2D eigenvalue weighted by Gasteiger charge is 2.00. The van der Waals surface area contributed by atoms with Crippen molar-refractivity contribution in [1.29, 1.82) is 0 Å². The molecule has 0 saturated heterocycles. The Morgan fingerprint density at radius 3 is 2.60 bits per heavy atom. The minimum atomic E-state index is 0.667. The Hall–Kier alpha value is -0.910. The average Bonchev–Trinajstić information content (AvgIpc) is 2.71. The lowest BCUT2D eigenvalue weighted by Crippen LogP contribution is -1.98. The molecule has 2 aromatic rings. The average molecular weight is 313 g/mol. The molecular weight excluding hydrogens is 301 g/mol. The molecule has 0 aliphatic rings. The molecule has 3 nitrogen and oxygen atoms in total. The highest BCUT2D eigenvalue weighted by molar-refractivity contribution is 14.1. The molecular formula is C11H12IN3. The van der Waals surface area contributed by atoms with Crippen molar-refractivity contribution in [3.8, 4) is 5.69 Å². The van der Waals surface area contributed by atoms with E-state index < -0.39 is 0 Å². The number of aromatic nitrogens is 3. The number of hydrogen-bond acceptors (Lipinski definition) is 2. The molecule has 0 saturated carbocycles. The highest BCUT2D eigenvalue weighted by Crippen LogP contribution is 2.12. The van der Waals surface area contributed by atoms with E-state index in [-0.39, 0.29) is 0 Å². The number of hydrogen-bond donors (Lipinski definition) is 0. The summed E-state index contributed by atoms with van der Waals surface area (Å²) < 4.78 is 2.43. The summed E-state index contributed by atoms with van der Waals surface area (Å²) in [6, 6.07) is 8.43. The zero-order valence-electron chi connectivity index (χ0n) is 8.47. The second-order valence-corrected chi connectivity index (χ2v) is 5.62. The maximum absolute atomic E-state index is 4.08. The standard InChI is InChI=1S/C11H12IN3/c1-9(12)6-10-2-4-11(5-3-10)15-8-13-7-14-15/h2-5,7-9H,6H2,1H3. The topological polar surface area (TPSA) is 30.7 Å². The van der Waals surface area contributed by atoms with Gasteiger partial charge in [-0.15, -0.1) is 0 Å². The van der Waals surface area contributed by atoms with Crippen molar-refractivity contribution in [2.75, 3.05) is 0 Å². The Morgan fingerprint density at radius 1 is 1.33 bits per heavy atom. The monoisotopic (exact) mass is 313 g/mol. The molecule has 0 bridgehead atoms. The molecule has 0 amide bonds. The van der Waals surface area contributed by atoms with Crippen molar-refractivity contribution in [3.05, 3.63) is 42.5 Å². The molecule has 4 heteroatoms. The van der Waals surface area contributed by atoms with Crippen molar-refractivity contribution in [1.82, 2.24) is 14.8 Å². The first-order chi connectivity index (χ1) is 7.25. The van der Waals surface area contributed by atoms with E-state index in [4.69, 9.17) is 0 Å². The quantitative estimate of drug-likeness (QED) is 0.644. The van der Waals surface area contributed by atoms with Gasteiger partial charge in [-0.2, -0.15) is 5.10 Å². The predicted molar refractivity (Wildman–Crippen MR) is 68.5 cm³/mol. The fourth-order valence-electron chi connectivity index (χ4n) is 1.45. The van der Waals surface area contributed by atoms with Crippen LogP contribution in [0.3, 0.4) is 0 Å². The molecule has 0 radical (unpaired) electrons. The molecule has 78 valence electrons. The Balaban J connectivity index is 2.17. The van der Waals surface area contributed by atoms with Crippen LogP contribution in [0.25, 0.3) is 5.69 Å². The summed E-state index contributed by atoms with van der Waals surface area (Å²) in [6.45, 7) is 2.21. The lowest BCUT2D eigenvalue weighted by atomic mass is 10.1. The molecule has 1 atom stereocenters. The maximum Gasteiger partial charge on any atom is 0.138 e. The van der Waals surface area contributed by atoms with Crippen molar-refractivity contribution in [3.63, 3.8) is 0 Å². The van der Waals surface area contributed by atoms with Gasteiger partial charge in [0.2, 0.25) is 0 Å². The van der Waals surface area contributed by atoms with Crippen LogP contribution in [0, 0.1) is 0 Å². The fraction of sp³-hybridized carbons (Fsp3) is 0.273. The van der Waals surface area contributed by atoms with Crippen LogP contribution in [0.4, 0.5) is 0 Å². The lowest BCUT2D eigenvalue weighted by Gasteiger charge is -2.05. The normalized spacial score (nSPS) is 12.7. The van der Waals surface area contributed by atoms with Gasteiger partial charge < -0.3 is 0 Å². The highest BCUT2D eigenvalue weighted by atomic mass is 127. The fourth-order valence-corrected chi connectivity index (χ4v) is 1.96. The van der Waals surface area contributed by atoms with E-state index >= 15 is 0 Å². The maximum atomic E-state index is 4.08. The minimum Gasteiger partial charge on any atom is -0.223 e. The Morgan fingerprint density at radius 2 is 2.07 bits per heavy atom. The van der Waals surface area contributed by atoms with Gasteiger partial charge in [-0.05, 0) is 24.1 Å². The second kappa shape index (κ2) is 4.74. The molecule has 0 fully saturated rings. The second-order valence-electron chi connectivity index (χ2n) is 3.49. The van der Waals surface area contributed by atoms with Crippen LogP contribution in [0.5, 0.6) is 0 Å². The third-order valence-corrected chi connectivity index (χ3v) is 2.58. The molecule has 1 unspecified atom stereocenters. The molecule has 0 N–H and O–H groups in total. The van der Waals surface area contributed by atoms with E-state index in [9.17, 15) is 0 Å². The van der Waals surface area contributed by atoms with E-state index in [1.807, 2.05) is 0 Å². The summed E-state index contributed by atoms with van der Waals surface area (Å²) >= 11 is 2.44. The zero-order chi connectivity index (χ0) is 10.7. The van der Waals surface area contributed by atoms with Crippen LogP contribution in [0.1, 0.15) is 12.5 Å². The number of rotatable bonds is 3. The van der Waals surface area contributed by atoms with E-state index in [0.29, 0.717) is 3.92 Å². The van der Waals surface area contributed by atoms with Crippen LogP contribution < -0.4 is 0 Å². The van der Waals surface area contributed by atoms with Gasteiger partial charge in [-0.25, -0.2) is 9.67 Å². The Kier molecular flexibility index (Phi) is 3.35. The van der Waals surface area contributed by atoms with Gasteiger partial charge in [0.25, 0.3) is 0 Å².